The smallest absolute Gasteiger partial charge is 0.265 e. The lowest BCUT2D eigenvalue weighted by atomic mass is 10.2. The van der Waals surface area contributed by atoms with E-state index >= 15 is 0 Å². The van der Waals surface area contributed by atoms with Crippen LogP contribution in [0.25, 0.3) is 0 Å². The average molecular weight is 338 g/mol. The number of ether oxygens (including phenoxy) is 1. The summed E-state index contributed by atoms with van der Waals surface area (Å²) in [4.78, 5) is 24.1. The molecular weight excluding hydrogens is 316 g/mol. The summed E-state index contributed by atoms with van der Waals surface area (Å²) in [5.74, 6) is 0.711. The monoisotopic (exact) mass is 338 g/mol. The van der Waals surface area contributed by atoms with Crippen LogP contribution in [-0.4, -0.2) is 17.9 Å². The maximum atomic E-state index is 12.4. The Balaban J connectivity index is 1.56. The van der Waals surface area contributed by atoms with Crippen molar-refractivity contribution in [2.45, 2.75) is 32.3 Å². The maximum Gasteiger partial charge on any atom is 0.265 e. The number of amides is 2. The molecule has 0 radical (unpaired) electrons. The molecule has 1 aliphatic rings. The van der Waals surface area contributed by atoms with Gasteiger partial charge < -0.3 is 15.4 Å². The summed E-state index contributed by atoms with van der Waals surface area (Å²) in [6.45, 7) is 1.91. The van der Waals surface area contributed by atoms with Crippen LogP contribution in [0.15, 0.2) is 54.6 Å². The van der Waals surface area contributed by atoms with E-state index in [1.807, 2.05) is 37.3 Å². The van der Waals surface area contributed by atoms with E-state index in [-0.39, 0.29) is 17.7 Å². The van der Waals surface area contributed by atoms with Crippen molar-refractivity contribution in [3.05, 3.63) is 54.6 Å². The molecule has 0 bridgehead atoms. The van der Waals surface area contributed by atoms with Gasteiger partial charge in [-0.15, -0.1) is 0 Å². The summed E-state index contributed by atoms with van der Waals surface area (Å²) in [5.41, 5.74) is 1.41. The average Bonchev–Trinajstić information content (AvgIpc) is 3.47. The molecule has 2 amide bonds. The number of para-hydroxylation sites is 1. The summed E-state index contributed by atoms with van der Waals surface area (Å²) >= 11 is 0. The standard InChI is InChI=1S/C20H22N2O3/c1-2-18(25-17-6-4-3-5-7-17)20(24)22-16-12-10-15(11-13-16)21-19(23)14-8-9-14/h3-7,10-14,18H,2,8-9H2,1H3,(H,21,23)(H,22,24)/t18-/m0/s1. The van der Waals surface area contributed by atoms with Gasteiger partial charge in [-0.1, -0.05) is 25.1 Å². The number of hydrogen-bond donors (Lipinski definition) is 2. The van der Waals surface area contributed by atoms with Gasteiger partial charge in [-0.3, -0.25) is 9.59 Å². The number of hydrogen-bond acceptors (Lipinski definition) is 3. The second-order valence-corrected chi connectivity index (χ2v) is 6.16. The minimum Gasteiger partial charge on any atom is -0.481 e. The molecule has 0 aromatic heterocycles. The van der Waals surface area contributed by atoms with E-state index in [2.05, 4.69) is 10.6 Å². The largest absolute Gasteiger partial charge is 0.481 e. The first-order chi connectivity index (χ1) is 12.2. The third-order valence-corrected chi connectivity index (χ3v) is 4.05. The van der Waals surface area contributed by atoms with Crippen LogP contribution < -0.4 is 15.4 Å². The summed E-state index contributed by atoms with van der Waals surface area (Å²) in [5, 5.41) is 5.73. The summed E-state index contributed by atoms with van der Waals surface area (Å²) in [6.07, 6.45) is 1.95. The van der Waals surface area contributed by atoms with E-state index in [0.717, 1.165) is 18.5 Å². The molecule has 1 atom stereocenters. The van der Waals surface area contributed by atoms with E-state index in [0.29, 0.717) is 17.9 Å². The molecular formula is C20H22N2O3. The number of nitrogens with one attached hydrogen (secondary N) is 2. The minimum atomic E-state index is -0.559. The minimum absolute atomic E-state index is 0.0686. The van der Waals surface area contributed by atoms with Crippen LogP contribution in [0.1, 0.15) is 26.2 Å². The number of rotatable bonds is 7. The van der Waals surface area contributed by atoms with Crippen LogP contribution in [0.5, 0.6) is 5.75 Å². The van der Waals surface area contributed by atoms with Gasteiger partial charge in [0.2, 0.25) is 5.91 Å². The van der Waals surface area contributed by atoms with E-state index in [4.69, 9.17) is 4.74 Å². The van der Waals surface area contributed by atoms with Gasteiger partial charge in [-0.05, 0) is 55.7 Å². The molecule has 5 nitrogen and oxygen atoms in total. The van der Waals surface area contributed by atoms with Gasteiger partial charge >= 0.3 is 0 Å². The molecule has 1 saturated carbocycles. The van der Waals surface area contributed by atoms with Crippen molar-refractivity contribution in [1.82, 2.24) is 0 Å². The predicted molar refractivity (Wildman–Crippen MR) is 97.6 cm³/mol. The molecule has 2 aromatic rings. The van der Waals surface area contributed by atoms with Gasteiger partial charge in [0.1, 0.15) is 5.75 Å². The number of benzene rings is 2. The molecule has 1 fully saturated rings. The maximum absolute atomic E-state index is 12.4. The number of anilines is 2. The Labute approximate surface area is 147 Å². The van der Waals surface area contributed by atoms with E-state index in [1.165, 1.54) is 0 Å². The second kappa shape index (κ2) is 7.83. The molecule has 0 aliphatic heterocycles. The fourth-order valence-corrected chi connectivity index (χ4v) is 2.44. The fourth-order valence-electron chi connectivity index (χ4n) is 2.44. The lowest BCUT2D eigenvalue weighted by Gasteiger charge is -2.17. The van der Waals surface area contributed by atoms with Crippen molar-refractivity contribution in [3.63, 3.8) is 0 Å². The third-order valence-electron chi connectivity index (χ3n) is 4.05. The highest BCUT2D eigenvalue weighted by molar-refractivity contribution is 5.96. The Bertz CT molecular complexity index is 724. The highest BCUT2D eigenvalue weighted by Gasteiger charge is 2.29. The highest BCUT2D eigenvalue weighted by Crippen LogP contribution is 2.30. The zero-order valence-corrected chi connectivity index (χ0v) is 14.2. The Hall–Kier alpha value is -2.82. The van der Waals surface area contributed by atoms with Gasteiger partial charge in [0, 0.05) is 17.3 Å². The van der Waals surface area contributed by atoms with Crippen molar-refractivity contribution < 1.29 is 14.3 Å². The Kier molecular flexibility index (Phi) is 5.33. The lowest BCUT2D eigenvalue weighted by molar-refractivity contribution is -0.122. The van der Waals surface area contributed by atoms with Crippen LogP contribution in [0, 0.1) is 5.92 Å². The first kappa shape index (κ1) is 17.0. The molecule has 5 heteroatoms. The van der Waals surface area contributed by atoms with Crippen molar-refractivity contribution >= 4 is 23.2 Å². The molecule has 2 N–H and O–H groups in total. The Morgan fingerprint density at radius 1 is 1.00 bits per heavy atom. The molecule has 130 valence electrons. The van der Waals surface area contributed by atoms with Gasteiger partial charge in [0.15, 0.2) is 6.10 Å². The first-order valence-electron chi connectivity index (χ1n) is 8.59. The zero-order chi connectivity index (χ0) is 17.6. The van der Waals surface area contributed by atoms with Gasteiger partial charge in [0.05, 0.1) is 0 Å². The first-order valence-corrected chi connectivity index (χ1v) is 8.59. The molecule has 0 saturated heterocycles. The van der Waals surface area contributed by atoms with Crippen molar-refractivity contribution in [2.24, 2.45) is 5.92 Å². The van der Waals surface area contributed by atoms with Crippen LogP contribution in [-0.2, 0) is 9.59 Å². The van der Waals surface area contributed by atoms with Gasteiger partial charge in [0.25, 0.3) is 5.91 Å². The second-order valence-electron chi connectivity index (χ2n) is 6.16. The van der Waals surface area contributed by atoms with Gasteiger partial charge in [-0.2, -0.15) is 0 Å². The van der Waals surface area contributed by atoms with E-state index < -0.39 is 6.10 Å². The Morgan fingerprint density at radius 2 is 1.60 bits per heavy atom. The highest BCUT2D eigenvalue weighted by atomic mass is 16.5. The van der Waals surface area contributed by atoms with Crippen LogP contribution in [0.2, 0.25) is 0 Å². The van der Waals surface area contributed by atoms with Crippen LogP contribution in [0.4, 0.5) is 11.4 Å². The summed E-state index contributed by atoms with van der Waals surface area (Å²) in [6, 6.07) is 16.4. The molecule has 0 spiro atoms. The lowest BCUT2D eigenvalue weighted by Crippen LogP contribution is -2.32. The molecule has 0 unspecified atom stereocenters. The zero-order valence-electron chi connectivity index (χ0n) is 14.2. The van der Waals surface area contributed by atoms with Gasteiger partial charge in [-0.25, -0.2) is 0 Å². The fraction of sp³-hybridized carbons (Fsp3) is 0.300. The van der Waals surface area contributed by atoms with Crippen molar-refractivity contribution in [2.75, 3.05) is 10.6 Å². The summed E-state index contributed by atoms with van der Waals surface area (Å²) in [7, 11) is 0. The summed E-state index contributed by atoms with van der Waals surface area (Å²) < 4.78 is 5.74. The predicted octanol–water partition coefficient (Wildman–Crippen LogP) is 3.83. The SMILES string of the molecule is CC[C@H](Oc1ccccc1)C(=O)Nc1ccc(NC(=O)C2CC2)cc1. The van der Waals surface area contributed by atoms with Crippen LogP contribution >= 0.6 is 0 Å². The quantitative estimate of drug-likeness (QED) is 0.806. The van der Waals surface area contributed by atoms with Crippen molar-refractivity contribution in [1.29, 1.82) is 0 Å². The molecule has 2 aromatic carbocycles. The van der Waals surface area contributed by atoms with Crippen molar-refractivity contribution in [3.8, 4) is 5.75 Å². The topological polar surface area (TPSA) is 67.4 Å². The Morgan fingerprint density at radius 3 is 2.16 bits per heavy atom. The molecule has 1 aliphatic carbocycles. The van der Waals surface area contributed by atoms with E-state index in [1.54, 1.807) is 24.3 Å². The number of carbonyl (C=O) groups is 2. The molecule has 25 heavy (non-hydrogen) atoms. The van der Waals surface area contributed by atoms with Crippen LogP contribution in [0.3, 0.4) is 0 Å². The van der Waals surface area contributed by atoms with E-state index in [9.17, 15) is 9.59 Å². The number of carbonyl (C=O) groups excluding carboxylic acids is 2. The molecule has 0 heterocycles. The normalized spacial score (nSPS) is 14.4. The third kappa shape index (κ3) is 4.83. The molecule has 3 rings (SSSR count).